The van der Waals surface area contributed by atoms with Crippen molar-refractivity contribution >= 4 is 52.9 Å². The number of nitrogens with one attached hydrogen (secondary N) is 1. The van der Waals surface area contributed by atoms with Crippen LogP contribution < -0.4 is 5.32 Å². The number of para-hydroxylation sites is 1. The van der Waals surface area contributed by atoms with E-state index in [1.807, 2.05) is 11.3 Å². The SMILES string of the molecule is CC(C)(C)c1ccccc1Nc1cccc2c1sc1c(S(C)(C)C)cccc12. The third kappa shape index (κ3) is 3.42. The van der Waals surface area contributed by atoms with Crippen molar-refractivity contribution < 1.29 is 0 Å². The van der Waals surface area contributed by atoms with E-state index in [4.69, 9.17) is 0 Å². The Morgan fingerprint density at radius 3 is 2.00 bits per heavy atom. The van der Waals surface area contributed by atoms with E-state index in [-0.39, 0.29) is 5.41 Å². The van der Waals surface area contributed by atoms with Gasteiger partial charge in [0.25, 0.3) is 0 Å². The minimum Gasteiger partial charge on any atom is -0.354 e. The smallest absolute Gasteiger partial charge is 0.0590 e. The van der Waals surface area contributed by atoms with Gasteiger partial charge in [-0.25, -0.2) is 10.0 Å². The first kappa shape index (κ1) is 19.4. The van der Waals surface area contributed by atoms with Gasteiger partial charge in [0.1, 0.15) is 0 Å². The Hall–Kier alpha value is -1.97. The van der Waals surface area contributed by atoms with E-state index in [0.717, 1.165) is 0 Å². The Labute approximate surface area is 174 Å². The van der Waals surface area contributed by atoms with Crippen LogP contribution in [-0.4, -0.2) is 18.8 Å². The molecule has 1 aromatic heterocycles. The molecule has 0 bridgehead atoms. The molecule has 146 valence electrons. The molecule has 0 aliphatic heterocycles. The first-order chi connectivity index (χ1) is 13.2. The van der Waals surface area contributed by atoms with Gasteiger partial charge >= 0.3 is 0 Å². The summed E-state index contributed by atoms with van der Waals surface area (Å²) >= 11 is 1.93. The highest BCUT2D eigenvalue weighted by molar-refractivity contribution is 8.32. The summed E-state index contributed by atoms with van der Waals surface area (Å²) in [6.45, 7) is 6.81. The average Bonchev–Trinajstić information content (AvgIpc) is 3.00. The zero-order valence-electron chi connectivity index (χ0n) is 17.6. The van der Waals surface area contributed by atoms with Gasteiger partial charge in [-0.05, 0) is 47.9 Å². The quantitative estimate of drug-likeness (QED) is 0.361. The van der Waals surface area contributed by atoms with Gasteiger partial charge in [-0.1, -0.05) is 63.2 Å². The fourth-order valence-electron chi connectivity index (χ4n) is 3.77. The van der Waals surface area contributed by atoms with E-state index in [0.29, 0.717) is 0 Å². The first-order valence-electron chi connectivity index (χ1n) is 9.65. The third-order valence-electron chi connectivity index (χ3n) is 5.15. The summed E-state index contributed by atoms with van der Waals surface area (Å²) < 4.78 is 2.79. The van der Waals surface area contributed by atoms with Crippen LogP contribution in [0.5, 0.6) is 0 Å². The highest BCUT2D eigenvalue weighted by atomic mass is 32.3. The lowest BCUT2D eigenvalue weighted by atomic mass is 9.86. The Bertz CT molecular complexity index is 1160. The Kier molecular flexibility index (Phi) is 4.71. The highest BCUT2D eigenvalue weighted by Gasteiger charge is 2.19. The van der Waals surface area contributed by atoms with Gasteiger partial charge in [0.2, 0.25) is 0 Å². The predicted molar refractivity (Wildman–Crippen MR) is 131 cm³/mol. The summed E-state index contributed by atoms with van der Waals surface area (Å²) in [7, 11) is -0.785. The molecule has 1 N–H and O–H groups in total. The van der Waals surface area contributed by atoms with Crippen LogP contribution in [0.25, 0.3) is 20.2 Å². The normalized spacial score (nSPS) is 13.2. The number of hydrogen-bond acceptors (Lipinski definition) is 2. The average molecular weight is 408 g/mol. The molecular weight excluding hydrogens is 378 g/mol. The highest BCUT2D eigenvalue weighted by Crippen LogP contribution is 2.52. The molecule has 0 atom stereocenters. The molecule has 0 unspecified atom stereocenters. The van der Waals surface area contributed by atoms with Gasteiger partial charge in [0.05, 0.1) is 10.4 Å². The summed E-state index contributed by atoms with van der Waals surface area (Å²) in [5, 5.41) is 6.49. The van der Waals surface area contributed by atoms with Gasteiger partial charge in [0, 0.05) is 26.1 Å². The van der Waals surface area contributed by atoms with Crippen molar-refractivity contribution in [2.24, 2.45) is 0 Å². The molecule has 4 rings (SSSR count). The van der Waals surface area contributed by atoms with Gasteiger partial charge in [-0.15, -0.1) is 11.3 Å². The second-order valence-electron chi connectivity index (χ2n) is 9.17. The maximum Gasteiger partial charge on any atom is 0.0590 e. The second-order valence-corrected chi connectivity index (χ2v) is 14.3. The molecule has 0 fully saturated rings. The van der Waals surface area contributed by atoms with Crippen molar-refractivity contribution in [3.63, 3.8) is 0 Å². The van der Waals surface area contributed by atoms with Crippen LogP contribution in [0, 0.1) is 0 Å². The number of thiophene rings is 1. The standard InChI is InChI=1S/C25H29NS2/c1-25(2,3)19-13-7-8-14-20(19)26-21-15-9-11-17-18-12-10-16-22(28(4,5)6)24(18)27-23(17)21/h7-16,26H,1-6H3. The maximum absolute atomic E-state index is 3.76. The minimum atomic E-state index is -0.785. The van der Waals surface area contributed by atoms with E-state index in [1.54, 1.807) is 0 Å². The lowest BCUT2D eigenvalue weighted by Crippen LogP contribution is -2.13. The van der Waals surface area contributed by atoms with Gasteiger partial charge < -0.3 is 5.32 Å². The Balaban J connectivity index is 1.91. The summed E-state index contributed by atoms with van der Waals surface area (Å²) in [6.07, 6.45) is 7.14. The summed E-state index contributed by atoms with van der Waals surface area (Å²) in [4.78, 5) is 1.51. The monoisotopic (exact) mass is 407 g/mol. The van der Waals surface area contributed by atoms with Crippen molar-refractivity contribution in [1.29, 1.82) is 0 Å². The zero-order chi connectivity index (χ0) is 20.1. The minimum absolute atomic E-state index is 0.0976. The first-order valence-corrected chi connectivity index (χ1v) is 13.3. The van der Waals surface area contributed by atoms with Crippen LogP contribution in [-0.2, 0) is 5.41 Å². The molecule has 28 heavy (non-hydrogen) atoms. The number of hydrogen-bond donors (Lipinski definition) is 1. The van der Waals surface area contributed by atoms with E-state index < -0.39 is 10.0 Å². The summed E-state index contributed by atoms with van der Waals surface area (Å²) in [5.74, 6) is 0. The van der Waals surface area contributed by atoms with Crippen molar-refractivity contribution in [2.75, 3.05) is 24.1 Å². The molecule has 1 nitrogen and oxygen atoms in total. The number of anilines is 2. The number of benzene rings is 3. The molecule has 0 saturated carbocycles. The summed E-state index contributed by atoms with van der Waals surface area (Å²) in [6, 6.07) is 22.1. The third-order valence-corrected chi connectivity index (χ3v) is 8.23. The van der Waals surface area contributed by atoms with E-state index in [2.05, 4.69) is 106 Å². The van der Waals surface area contributed by atoms with Crippen LogP contribution in [0.15, 0.2) is 65.6 Å². The zero-order valence-corrected chi connectivity index (χ0v) is 19.2. The lowest BCUT2D eigenvalue weighted by Gasteiger charge is -2.26. The number of fused-ring (bicyclic) bond motifs is 3. The molecule has 4 aromatic rings. The van der Waals surface area contributed by atoms with E-state index >= 15 is 0 Å². The molecule has 3 heteroatoms. The van der Waals surface area contributed by atoms with Crippen LogP contribution in [0.4, 0.5) is 11.4 Å². The molecule has 0 amide bonds. The molecule has 3 aromatic carbocycles. The topological polar surface area (TPSA) is 12.0 Å². The van der Waals surface area contributed by atoms with Crippen molar-refractivity contribution in [1.82, 2.24) is 0 Å². The predicted octanol–water partition coefficient (Wildman–Crippen LogP) is 8.15. The second kappa shape index (κ2) is 6.82. The fraction of sp³-hybridized carbons (Fsp3) is 0.280. The van der Waals surface area contributed by atoms with Crippen LogP contribution in [0.3, 0.4) is 0 Å². The van der Waals surface area contributed by atoms with E-state index in [9.17, 15) is 0 Å². The molecule has 0 spiro atoms. The van der Waals surface area contributed by atoms with Crippen LogP contribution >= 0.6 is 21.4 Å². The Morgan fingerprint density at radius 2 is 1.32 bits per heavy atom. The van der Waals surface area contributed by atoms with Crippen LogP contribution in [0.1, 0.15) is 26.3 Å². The molecular formula is C25H29NS2. The van der Waals surface area contributed by atoms with Gasteiger partial charge in [-0.2, -0.15) is 0 Å². The van der Waals surface area contributed by atoms with Gasteiger partial charge in [0.15, 0.2) is 0 Å². The maximum atomic E-state index is 3.76. The molecule has 0 radical (unpaired) electrons. The molecule has 1 heterocycles. The molecule has 0 aliphatic rings. The van der Waals surface area contributed by atoms with Crippen molar-refractivity contribution in [3.05, 3.63) is 66.2 Å². The lowest BCUT2D eigenvalue weighted by molar-refractivity contribution is 0.592. The van der Waals surface area contributed by atoms with E-state index in [1.165, 1.54) is 42.0 Å². The van der Waals surface area contributed by atoms with Crippen molar-refractivity contribution in [3.8, 4) is 0 Å². The van der Waals surface area contributed by atoms with Crippen LogP contribution in [0.2, 0.25) is 0 Å². The summed E-state index contributed by atoms with van der Waals surface area (Å²) in [5.41, 5.74) is 3.83. The Morgan fingerprint density at radius 1 is 0.714 bits per heavy atom. The molecule has 0 saturated heterocycles. The van der Waals surface area contributed by atoms with Crippen molar-refractivity contribution in [2.45, 2.75) is 31.1 Å². The fourth-order valence-corrected chi connectivity index (χ4v) is 6.97. The van der Waals surface area contributed by atoms with Gasteiger partial charge in [-0.3, -0.25) is 0 Å². The number of rotatable bonds is 3. The largest absolute Gasteiger partial charge is 0.354 e. The molecule has 0 aliphatic carbocycles.